The molecule has 0 spiro atoms. The van der Waals surface area contributed by atoms with Crippen molar-refractivity contribution < 1.29 is 5.11 Å². The van der Waals surface area contributed by atoms with Gasteiger partial charge in [-0.05, 0) is 25.3 Å². The van der Waals surface area contributed by atoms with E-state index in [0.29, 0.717) is 0 Å². The highest BCUT2D eigenvalue weighted by Gasteiger charge is 2.28. The molecule has 0 bridgehead atoms. The topological polar surface area (TPSA) is 20.2 Å². The molecular weight excluding hydrogens is 196 g/mol. The molecule has 0 amide bonds. The third-order valence-electron chi connectivity index (χ3n) is 3.37. The summed E-state index contributed by atoms with van der Waals surface area (Å²) in [5, 5.41) is 9.13. The summed E-state index contributed by atoms with van der Waals surface area (Å²) in [5.41, 5.74) is 2.58. The van der Waals surface area contributed by atoms with Crippen molar-refractivity contribution in [2.45, 2.75) is 25.2 Å². The standard InChI is InChI=1S/C15H18O/c1-15(13-7-3-2-4-8-13)11-6-5-9-14(15)10-12-16/h2-4,6-9,11,16H,5,10,12H2,1H3. The van der Waals surface area contributed by atoms with E-state index in [0.717, 1.165) is 12.8 Å². The molecule has 1 unspecified atom stereocenters. The summed E-state index contributed by atoms with van der Waals surface area (Å²) < 4.78 is 0. The second kappa shape index (κ2) is 4.67. The molecule has 1 nitrogen and oxygen atoms in total. The van der Waals surface area contributed by atoms with Crippen LogP contribution in [0.25, 0.3) is 0 Å². The minimum absolute atomic E-state index is 0.0394. The minimum atomic E-state index is -0.0394. The van der Waals surface area contributed by atoms with Gasteiger partial charge >= 0.3 is 0 Å². The van der Waals surface area contributed by atoms with Crippen molar-refractivity contribution in [1.29, 1.82) is 0 Å². The van der Waals surface area contributed by atoms with Gasteiger partial charge in [0.05, 0.1) is 0 Å². The van der Waals surface area contributed by atoms with Gasteiger partial charge in [0.2, 0.25) is 0 Å². The van der Waals surface area contributed by atoms with Crippen LogP contribution < -0.4 is 0 Å². The van der Waals surface area contributed by atoms with Crippen LogP contribution >= 0.6 is 0 Å². The Hall–Kier alpha value is -1.34. The quantitative estimate of drug-likeness (QED) is 0.766. The summed E-state index contributed by atoms with van der Waals surface area (Å²) in [6, 6.07) is 10.5. The maximum absolute atomic E-state index is 9.13. The second-order valence-electron chi connectivity index (χ2n) is 4.41. The SMILES string of the molecule is CC1(c2ccccc2)C=CCC=C1CCO. The molecule has 1 aromatic carbocycles. The third-order valence-corrected chi connectivity index (χ3v) is 3.37. The van der Waals surface area contributed by atoms with Crippen molar-refractivity contribution in [3.8, 4) is 0 Å². The molecule has 1 N–H and O–H groups in total. The fourth-order valence-electron chi connectivity index (χ4n) is 2.38. The number of aliphatic hydroxyl groups excluding tert-OH is 1. The Morgan fingerprint density at radius 3 is 2.69 bits per heavy atom. The first kappa shape index (κ1) is 11.2. The second-order valence-corrected chi connectivity index (χ2v) is 4.41. The number of hydrogen-bond acceptors (Lipinski definition) is 1. The number of aliphatic hydroxyl groups is 1. The fourth-order valence-corrected chi connectivity index (χ4v) is 2.38. The monoisotopic (exact) mass is 214 g/mol. The predicted molar refractivity (Wildman–Crippen MR) is 67.3 cm³/mol. The van der Waals surface area contributed by atoms with Crippen LogP contribution in [0.5, 0.6) is 0 Å². The summed E-state index contributed by atoms with van der Waals surface area (Å²) in [5.74, 6) is 0. The van der Waals surface area contributed by atoms with Crippen molar-refractivity contribution in [3.05, 3.63) is 59.7 Å². The van der Waals surface area contributed by atoms with Gasteiger partial charge in [0, 0.05) is 12.0 Å². The molecule has 0 aromatic heterocycles. The van der Waals surface area contributed by atoms with Crippen LogP contribution in [0.1, 0.15) is 25.3 Å². The average molecular weight is 214 g/mol. The van der Waals surface area contributed by atoms with E-state index in [2.05, 4.69) is 49.4 Å². The Bertz CT molecular complexity index is 403. The highest BCUT2D eigenvalue weighted by Crippen LogP contribution is 2.37. The van der Waals surface area contributed by atoms with Crippen molar-refractivity contribution in [3.63, 3.8) is 0 Å². The molecule has 84 valence electrons. The van der Waals surface area contributed by atoms with Gasteiger partial charge in [-0.15, -0.1) is 0 Å². The lowest BCUT2D eigenvalue weighted by Gasteiger charge is -2.32. The lowest BCUT2D eigenvalue weighted by Crippen LogP contribution is -2.24. The first-order valence-electron chi connectivity index (χ1n) is 5.81. The van der Waals surface area contributed by atoms with Gasteiger partial charge in [-0.25, -0.2) is 0 Å². The molecule has 0 saturated heterocycles. The van der Waals surface area contributed by atoms with Gasteiger partial charge in [0.15, 0.2) is 0 Å². The fraction of sp³-hybridized carbons (Fsp3) is 0.333. The molecule has 0 fully saturated rings. The molecule has 0 heterocycles. The van der Waals surface area contributed by atoms with Gasteiger partial charge in [0.25, 0.3) is 0 Å². The van der Waals surface area contributed by atoms with E-state index < -0.39 is 0 Å². The zero-order chi connectivity index (χ0) is 11.4. The van der Waals surface area contributed by atoms with Crippen LogP contribution in [-0.4, -0.2) is 11.7 Å². The summed E-state index contributed by atoms with van der Waals surface area (Å²) in [4.78, 5) is 0. The number of allylic oxidation sites excluding steroid dienone is 3. The normalized spacial score (nSPS) is 24.2. The van der Waals surface area contributed by atoms with Crippen LogP contribution in [0.2, 0.25) is 0 Å². The number of benzene rings is 1. The molecule has 1 heteroatoms. The van der Waals surface area contributed by atoms with E-state index >= 15 is 0 Å². The lowest BCUT2D eigenvalue weighted by atomic mass is 9.72. The van der Waals surface area contributed by atoms with Crippen LogP contribution in [0.15, 0.2) is 54.1 Å². The summed E-state index contributed by atoms with van der Waals surface area (Å²) in [6.45, 7) is 2.45. The van der Waals surface area contributed by atoms with E-state index in [9.17, 15) is 0 Å². The van der Waals surface area contributed by atoms with Crippen LogP contribution in [0, 0.1) is 0 Å². The Morgan fingerprint density at radius 1 is 1.25 bits per heavy atom. The van der Waals surface area contributed by atoms with Gasteiger partial charge in [-0.2, -0.15) is 0 Å². The van der Waals surface area contributed by atoms with Gasteiger partial charge < -0.3 is 5.11 Å². The lowest BCUT2D eigenvalue weighted by molar-refractivity contribution is 0.294. The summed E-state index contributed by atoms with van der Waals surface area (Å²) >= 11 is 0. The van der Waals surface area contributed by atoms with E-state index in [1.807, 2.05) is 6.07 Å². The molecule has 16 heavy (non-hydrogen) atoms. The Balaban J connectivity index is 2.38. The van der Waals surface area contributed by atoms with Gasteiger partial charge in [0.1, 0.15) is 0 Å². The van der Waals surface area contributed by atoms with Gasteiger partial charge in [-0.3, -0.25) is 0 Å². The Morgan fingerprint density at radius 2 is 2.00 bits per heavy atom. The van der Waals surface area contributed by atoms with Crippen molar-refractivity contribution in [2.75, 3.05) is 6.61 Å². The van der Waals surface area contributed by atoms with E-state index in [4.69, 9.17) is 5.11 Å². The molecule has 0 saturated carbocycles. The molecule has 1 atom stereocenters. The zero-order valence-corrected chi connectivity index (χ0v) is 9.69. The van der Waals surface area contributed by atoms with Gasteiger partial charge in [-0.1, -0.05) is 54.1 Å². The number of hydrogen-bond donors (Lipinski definition) is 1. The van der Waals surface area contributed by atoms with E-state index in [-0.39, 0.29) is 12.0 Å². The Labute approximate surface area is 97.1 Å². The zero-order valence-electron chi connectivity index (χ0n) is 9.69. The molecule has 1 aromatic rings. The van der Waals surface area contributed by atoms with Crippen molar-refractivity contribution >= 4 is 0 Å². The molecular formula is C15H18O. The van der Waals surface area contributed by atoms with Crippen LogP contribution in [0.3, 0.4) is 0 Å². The Kier molecular flexibility index (Phi) is 3.25. The first-order chi connectivity index (χ1) is 7.77. The first-order valence-corrected chi connectivity index (χ1v) is 5.81. The van der Waals surface area contributed by atoms with Crippen LogP contribution in [0.4, 0.5) is 0 Å². The minimum Gasteiger partial charge on any atom is -0.396 e. The molecule has 1 aliphatic rings. The summed E-state index contributed by atoms with van der Waals surface area (Å²) in [7, 11) is 0. The number of rotatable bonds is 3. The molecule has 2 rings (SSSR count). The highest BCUT2D eigenvalue weighted by molar-refractivity contribution is 5.43. The molecule has 0 aliphatic heterocycles. The third kappa shape index (κ3) is 1.96. The smallest absolute Gasteiger partial charge is 0.0468 e. The van der Waals surface area contributed by atoms with Crippen molar-refractivity contribution in [2.24, 2.45) is 0 Å². The largest absolute Gasteiger partial charge is 0.396 e. The molecule has 1 aliphatic carbocycles. The molecule has 0 radical (unpaired) electrons. The maximum Gasteiger partial charge on any atom is 0.0468 e. The summed E-state index contributed by atoms with van der Waals surface area (Å²) in [6.07, 6.45) is 8.44. The van der Waals surface area contributed by atoms with E-state index in [1.165, 1.54) is 11.1 Å². The van der Waals surface area contributed by atoms with Crippen molar-refractivity contribution in [1.82, 2.24) is 0 Å². The highest BCUT2D eigenvalue weighted by atomic mass is 16.2. The average Bonchev–Trinajstić information content (AvgIpc) is 2.34. The van der Waals surface area contributed by atoms with E-state index in [1.54, 1.807) is 0 Å². The predicted octanol–water partition coefficient (Wildman–Crippen LogP) is 3.21. The maximum atomic E-state index is 9.13. The van der Waals surface area contributed by atoms with Crippen LogP contribution in [-0.2, 0) is 5.41 Å².